The summed E-state index contributed by atoms with van der Waals surface area (Å²) in [7, 11) is 0. The third-order valence-corrected chi connectivity index (χ3v) is 12.3. The van der Waals surface area contributed by atoms with Gasteiger partial charge in [-0.3, -0.25) is 4.98 Å². The average molecular weight is 817 g/mol. The molecule has 64 heavy (non-hydrogen) atoms. The quantitative estimate of drug-likeness (QED) is 0.161. The van der Waals surface area contributed by atoms with E-state index >= 15 is 0 Å². The van der Waals surface area contributed by atoms with Crippen LogP contribution in [0.4, 0.5) is 0 Å². The van der Waals surface area contributed by atoms with Crippen LogP contribution in [0.3, 0.4) is 0 Å². The summed E-state index contributed by atoms with van der Waals surface area (Å²) in [5.74, 6) is 0. The van der Waals surface area contributed by atoms with Crippen molar-refractivity contribution in [3.05, 3.63) is 224 Å². The minimum Gasteiger partial charge on any atom is -0.307 e. The minimum atomic E-state index is 0.601. The number of pyridine rings is 3. The summed E-state index contributed by atoms with van der Waals surface area (Å²) in [6.07, 6.45) is 3.94. The lowest BCUT2D eigenvalue weighted by Crippen LogP contribution is -2.05. The Labute approximate surface area is 369 Å². The molecule has 0 unspecified atom stereocenters. The Kier molecular flexibility index (Phi) is 8.77. The van der Waals surface area contributed by atoms with E-state index in [9.17, 15) is 5.26 Å². The number of para-hydroxylation sites is 2. The second-order valence-corrected chi connectivity index (χ2v) is 16.0. The number of fused-ring (bicyclic) bond motifs is 6. The SMILES string of the molecule is N#Cc1ccc(-c2c(-n3c4ccccc4c4cc(-c5cccc(-c6ccccc6)n5)ccc43)cncc2-n2c3ccccc3c3cc(-c4cccc(-c5ccccc5)n4)ccc32)cc1. The Balaban J connectivity index is 1.08. The first kappa shape index (κ1) is 36.9. The Morgan fingerprint density at radius 2 is 0.750 bits per heavy atom. The zero-order chi connectivity index (χ0) is 42.6. The van der Waals surface area contributed by atoms with E-state index in [0.717, 1.165) is 111 Å². The van der Waals surface area contributed by atoms with Crippen molar-refractivity contribution in [3.63, 3.8) is 0 Å². The highest BCUT2D eigenvalue weighted by Crippen LogP contribution is 2.43. The maximum atomic E-state index is 9.86. The van der Waals surface area contributed by atoms with Crippen LogP contribution < -0.4 is 0 Å². The molecule has 0 fully saturated rings. The third kappa shape index (κ3) is 6.14. The van der Waals surface area contributed by atoms with Crippen molar-refractivity contribution < 1.29 is 0 Å². The molecule has 0 radical (unpaired) electrons. The van der Waals surface area contributed by atoms with Crippen LogP contribution in [0.5, 0.6) is 0 Å². The van der Waals surface area contributed by atoms with E-state index in [4.69, 9.17) is 15.0 Å². The molecule has 0 aliphatic heterocycles. The molecule has 12 aromatic rings. The van der Waals surface area contributed by atoms with Gasteiger partial charge in [-0.25, -0.2) is 9.97 Å². The van der Waals surface area contributed by atoms with Crippen molar-refractivity contribution in [1.82, 2.24) is 24.1 Å². The van der Waals surface area contributed by atoms with E-state index in [0.29, 0.717) is 5.56 Å². The number of hydrogen-bond acceptors (Lipinski definition) is 4. The third-order valence-electron chi connectivity index (χ3n) is 12.3. The van der Waals surface area contributed by atoms with Crippen molar-refractivity contribution in [2.24, 2.45) is 0 Å². The molecule has 298 valence electrons. The van der Waals surface area contributed by atoms with Gasteiger partial charge in [-0.2, -0.15) is 5.26 Å². The van der Waals surface area contributed by atoms with Gasteiger partial charge in [0.15, 0.2) is 0 Å². The summed E-state index contributed by atoms with van der Waals surface area (Å²) < 4.78 is 4.67. The van der Waals surface area contributed by atoms with Crippen molar-refractivity contribution in [2.75, 3.05) is 0 Å². The lowest BCUT2D eigenvalue weighted by atomic mass is 10.0. The summed E-state index contributed by atoms with van der Waals surface area (Å²) >= 11 is 0. The van der Waals surface area contributed by atoms with E-state index in [1.54, 1.807) is 0 Å². The van der Waals surface area contributed by atoms with E-state index < -0.39 is 0 Å². The first-order chi connectivity index (χ1) is 31.7. The molecule has 0 amide bonds. The predicted octanol–water partition coefficient (Wildman–Crippen LogP) is 14.3. The van der Waals surface area contributed by atoms with Gasteiger partial charge in [0.2, 0.25) is 0 Å². The highest BCUT2D eigenvalue weighted by molar-refractivity contribution is 6.13. The van der Waals surface area contributed by atoms with Crippen LogP contribution in [-0.4, -0.2) is 24.1 Å². The van der Waals surface area contributed by atoms with Gasteiger partial charge in [-0.05, 0) is 78.4 Å². The molecule has 0 N–H and O–H groups in total. The van der Waals surface area contributed by atoms with E-state index in [1.165, 1.54) is 0 Å². The first-order valence-corrected chi connectivity index (χ1v) is 21.3. The molecule has 0 saturated heterocycles. The van der Waals surface area contributed by atoms with Crippen LogP contribution in [0.2, 0.25) is 0 Å². The van der Waals surface area contributed by atoms with Gasteiger partial charge in [-0.15, -0.1) is 0 Å². The molecule has 0 bridgehead atoms. The molecule has 0 aliphatic rings. The molecule has 5 heterocycles. The Hall–Kier alpha value is -8.92. The first-order valence-electron chi connectivity index (χ1n) is 21.3. The molecule has 0 spiro atoms. The van der Waals surface area contributed by atoms with E-state index in [1.807, 2.05) is 60.9 Å². The molecule has 6 heteroatoms. The molecule has 6 nitrogen and oxygen atoms in total. The second kappa shape index (κ2) is 15.2. The zero-order valence-electron chi connectivity index (χ0n) is 34.5. The number of rotatable bonds is 7. The lowest BCUT2D eigenvalue weighted by Gasteiger charge is -2.19. The molecule has 0 saturated carbocycles. The van der Waals surface area contributed by atoms with Gasteiger partial charge in [0, 0.05) is 49.4 Å². The van der Waals surface area contributed by atoms with Crippen LogP contribution >= 0.6 is 0 Å². The van der Waals surface area contributed by atoms with Crippen molar-refractivity contribution in [1.29, 1.82) is 5.26 Å². The van der Waals surface area contributed by atoms with Gasteiger partial charge < -0.3 is 9.13 Å². The number of hydrogen-bond donors (Lipinski definition) is 0. The number of nitrogens with zero attached hydrogens (tertiary/aromatic N) is 6. The lowest BCUT2D eigenvalue weighted by molar-refractivity contribution is 1.09. The normalized spacial score (nSPS) is 11.4. The Bertz CT molecular complexity index is 3560. The summed E-state index contributed by atoms with van der Waals surface area (Å²) in [5, 5.41) is 14.4. The fraction of sp³-hybridized carbons (Fsp3) is 0. The second-order valence-electron chi connectivity index (χ2n) is 16.0. The van der Waals surface area contributed by atoms with Crippen LogP contribution in [0.25, 0.3) is 111 Å². The molecule has 12 rings (SSSR count). The maximum Gasteiger partial charge on any atom is 0.0991 e. The summed E-state index contributed by atoms with van der Waals surface area (Å²) in [6.45, 7) is 0. The number of nitriles is 1. The summed E-state index contributed by atoms with van der Waals surface area (Å²) in [5.41, 5.74) is 16.6. The van der Waals surface area contributed by atoms with Gasteiger partial charge in [-0.1, -0.05) is 133 Å². The van der Waals surface area contributed by atoms with Crippen molar-refractivity contribution in [3.8, 4) is 73.6 Å². The molecular weight excluding hydrogens is 781 g/mol. The fourth-order valence-corrected chi connectivity index (χ4v) is 9.30. The average Bonchev–Trinajstić information content (AvgIpc) is 3.89. The van der Waals surface area contributed by atoms with Gasteiger partial charge >= 0.3 is 0 Å². The van der Waals surface area contributed by atoms with Crippen LogP contribution in [0.1, 0.15) is 5.56 Å². The van der Waals surface area contributed by atoms with E-state index in [-0.39, 0.29) is 0 Å². The van der Waals surface area contributed by atoms with Gasteiger partial charge in [0.05, 0.1) is 80.2 Å². The molecular formula is C58H36N6. The fourth-order valence-electron chi connectivity index (χ4n) is 9.30. The Morgan fingerprint density at radius 3 is 1.22 bits per heavy atom. The van der Waals surface area contributed by atoms with Crippen molar-refractivity contribution >= 4 is 43.6 Å². The standard InChI is InChI=1S/C58H36N6/c59-35-38-25-27-41(28-26-38)58-56(63-52-23-9-7-17-44(52)46-33-42(29-31-54(46)63)50-21-11-19-48(61-50)39-13-3-1-4-14-39)36-60-37-57(58)64-53-24-10-8-18-45(53)47-34-43(30-32-55(47)64)51-22-12-20-49(62-51)40-15-5-2-6-16-40/h1-34,36-37H. The largest absolute Gasteiger partial charge is 0.307 e. The monoisotopic (exact) mass is 816 g/mol. The Morgan fingerprint density at radius 1 is 0.344 bits per heavy atom. The maximum absolute atomic E-state index is 9.86. The van der Waals surface area contributed by atoms with Crippen LogP contribution in [0.15, 0.2) is 219 Å². The molecule has 0 atom stereocenters. The van der Waals surface area contributed by atoms with Crippen LogP contribution in [0, 0.1) is 11.3 Å². The molecule has 7 aromatic carbocycles. The number of benzene rings is 7. The topological polar surface area (TPSA) is 72.3 Å². The smallest absolute Gasteiger partial charge is 0.0991 e. The highest BCUT2D eigenvalue weighted by Gasteiger charge is 2.23. The van der Waals surface area contributed by atoms with Crippen molar-refractivity contribution in [2.45, 2.75) is 0 Å². The zero-order valence-corrected chi connectivity index (χ0v) is 34.5. The molecule has 5 aromatic heterocycles. The minimum absolute atomic E-state index is 0.601. The van der Waals surface area contributed by atoms with Gasteiger partial charge in [0.1, 0.15) is 0 Å². The van der Waals surface area contributed by atoms with E-state index in [2.05, 4.69) is 173 Å². The van der Waals surface area contributed by atoms with Crippen LogP contribution in [-0.2, 0) is 0 Å². The summed E-state index contributed by atoms with van der Waals surface area (Å²) in [6, 6.07) is 73.7. The molecule has 0 aliphatic carbocycles. The van der Waals surface area contributed by atoms with Gasteiger partial charge in [0.25, 0.3) is 0 Å². The predicted molar refractivity (Wildman–Crippen MR) is 260 cm³/mol. The number of aromatic nitrogens is 5. The highest BCUT2D eigenvalue weighted by atomic mass is 15.0. The summed E-state index contributed by atoms with van der Waals surface area (Å²) in [4.78, 5) is 15.3.